The van der Waals surface area contributed by atoms with Gasteiger partial charge in [0, 0.05) is 32.5 Å². The van der Waals surface area contributed by atoms with Crippen LogP contribution in [-0.4, -0.2) is 32.1 Å². The number of esters is 1. The number of hydrogen-bond acceptors (Lipinski definition) is 5. The molecule has 0 bridgehead atoms. The summed E-state index contributed by atoms with van der Waals surface area (Å²) in [5, 5.41) is 0. The average molecular weight is 395 g/mol. The van der Waals surface area contributed by atoms with E-state index in [1.165, 1.54) is 17.5 Å². The topological polar surface area (TPSA) is 57.9 Å². The van der Waals surface area contributed by atoms with Gasteiger partial charge in [0.1, 0.15) is 11.5 Å². The molecule has 0 aliphatic carbocycles. The molecule has 1 aromatic rings. The molecule has 2 rings (SSSR count). The normalized spacial score (nSPS) is 17.0. The lowest BCUT2D eigenvalue weighted by atomic mass is 10.1. The number of hydrogen-bond donors (Lipinski definition) is 0. The van der Waals surface area contributed by atoms with Crippen LogP contribution in [-0.2, 0) is 31.8 Å². The highest BCUT2D eigenvalue weighted by molar-refractivity contribution is 5.69. The largest absolute Gasteiger partial charge is 0.466 e. The standard InChI is InChI=1S/C23H38O5/c1-4-25-22(24)14-8-7-13-21-19(3)18(2)20(28-21)12-6-5-10-16-26-23-15-9-11-17-27-23/h23H,4-17H2,1-3H3. The Morgan fingerprint density at radius 1 is 1.00 bits per heavy atom. The van der Waals surface area contributed by atoms with E-state index in [4.69, 9.17) is 18.6 Å². The number of rotatable bonds is 13. The third-order valence-corrected chi connectivity index (χ3v) is 5.48. The molecule has 5 nitrogen and oxygen atoms in total. The molecule has 0 N–H and O–H groups in total. The maximum Gasteiger partial charge on any atom is 0.305 e. The van der Waals surface area contributed by atoms with Gasteiger partial charge in [-0.2, -0.15) is 0 Å². The van der Waals surface area contributed by atoms with Gasteiger partial charge in [-0.05, 0) is 76.8 Å². The highest BCUT2D eigenvalue weighted by atomic mass is 16.7. The minimum absolute atomic E-state index is 0.0232. The number of furan rings is 1. The lowest BCUT2D eigenvalue weighted by Gasteiger charge is -2.22. The van der Waals surface area contributed by atoms with Crippen LogP contribution in [0.15, 0.2) is 4.42 Å². The average Bonchev–Trinajstić information content (AvgIpc) is 2.97. The minimum Gasteiger partial charge on any atom is -0.466 e. The second-order valence-electron chi connectivity index (χ2n) is 7.69. The zero-order chi connectivity index (χ0) is 20.2. The van der Waals surface area contributed by atoms with Gasteiger partial charge in [-0.1, -0.05) is 6.42 Å². The Morgan fingerprint density at radius 3 is 2.36 bits per heavy atom. The van der Waals surface area contributed by atoms with Crippen LogP contribution < -0.4 is 0 Å². The quantitative estimate of drug-likeness (QED) is 0.330. The van der Waals surface area contributed by atoms with E-state index in [-0.39, 0.29) is 12.3 Å². The maximum atomic E-state index is 11.4. The molecule has 1 atom stereocenters. The Balaban J connectivity index is 1.61. The van der Waals surface area contributed by atoms with Gasteiger partial charge >= 0.3 is 5.97 Å². The van der Waals surface area contributed by atoms with Gasteiger partial charge < -0.3 is 18.6 Å². The van der Waals surface area contributed by atoms with Crippen LogP contribution in [0, 0.1) is 13.8 Å². The van der Waals surface area contributed by atoms with E-state index in [0.29, 0.717) is 13.0 Å². The van der Waals surface area contributed by atoms with Crippen molar-refractivity contribution in [3.63, 3.8) is 0 Å². The van der Waals surface area contributed by atoms with Crippen LogP contribution in [0.3, 0.4) is 0 Å². The SMILES string of the molecule is CCOC(=O)CCCCc1oc(CCCCCOC2CCCCO2)c(C)c1C. The highest BCUT2D eigenvalue weighted by Gasteiger charge is 2.15. The number of carbonyl (C=O) groups excluding carboxylic acids is 1. The molecule has 1 fully saturated rings. The fourth-order valence-electron chi connectivity index (χ4n) is 3.61. The van der Waals surface area contributed by atoms with E-state index >= 15 is 0 Å². The predicted molar refractivity (Wildman–Crippen MR) is 109 cm³/mol. The van der Waals surface area contributed by atoms with Crippen molar-refractivity contribution >= 4 is 5.97 Å². The lowest BCUT2D eigenvalue weighted by Crippen LogP contribution is -2.22. The van der Waals surface area contributed by atoms with E-state index in [1.807, 2.05) is 6.92 Å². The van der Waals surface area contributed by atoms with Gasteiger partial charge in [-0.25, -0.2) is 0 Å². The number of ether oxygens (including phenoxy) is 3. The van der Waals surface area contributed by atoms with Crippen LogP contribution in [0.2, 0.25) is 0 Å². The monoisotopic (exact) mass is 394 g/mol. The second-order valence-corrected chi connectivity index (χ2v) is 7.69. The molecular weight excluding hydrogens is 356 g/mol. The zero-order valence-electron chi connectivity index (χ0n) is 18.0. The van der Waals surface area contributed by atoms with Crippen LogP contribution >= 0.6 is 0 Å². The summed E-state index contributed by atoms with van der Waals surface area (Å²) in [4.78, 5) is 11.4. The van der Waals surface area contributed by atoms with Crippen molar-refractivity contribution in [1.29, 1.82) is 0 Å². The maximum absolute atomic E-state index is 11.4. The fourth-order valence-corrected chi connectivity index (χ4v) is 3.61. The van der Waals surface area contributed by atoms with Gasteiger partial charge in [0.25, 0.3) is 0 Å². The first-order valence-corrected chi connectivity index (χ1v) is 11.1. The number of unbranched alkanes of at least 4 members (excludes halogenated alkanes) is 3. The molecule has 0 aromatic carbocycles. The van der Waals surface area contributed by atoms with E-state index in [9.17, 15) is 4.79 Å². The summed E-state index contributed by atoms with van der Waals surface area (Å²) in [5.74, 6) is 2.10. The highest BCUT2D eigenvalue weighted by Crippen LogP contribution is 2.25. The number of aryl methyl sites for hydroxylation is 2. The van der Waals surface area contributed by atoms with E-state index in [1.54, 1.807) is 0 Å². The van der Waals surface area contributed by atoms with Crippen molar-refractivity contribution in [2.75, 3.05) is 19.8 Å². The Labute approximate surface area is 170 Å². The molecule has 0 spiro atoms. The smallest absolute Gasteiger partial charge is 0.305 e. The predicted octanol–water partition coefficient (Wildman–Crippen LogP) is 5.43. The Morgan fingerprint density at radius 2 is 1.71 bits per heavy atom. The van der Waals surface area contributed by atoms with Gasteiger partial charge in [0.2, 0.25) is 0 Å². The van der Waals surface area contributed by atoms with Crippen LogP contribution in [0.4, 0.5) is 0 Å². The van der Waals surface area contributed by atoms with Crippen molar-refractivity contribution in [3.05, 3.63) is 22.6 Å². The zero-order valence-corrected chi connectivity index (χ0v) is 18.0. The lowest BCUT2D eigenvalue weighted by molar-refractivity contribution is -0.162. The van der Waals surface area contributed by atoms with Crippen LogP contribution in [0.5, 0.6) is 0 Å². The summed E-state index contributed by atoms with van der Waals surface area (Å²) in [6.45, 7) is 8.21. The first-order chi connectivity index (χ1) is 13.6. The summed E-state index contributed by atoms with van der Waals surface area (Å²) in [6, 6.07) is 0. The molecule has 0 amide bonds. The van der Waals surface area contributed by atoms with E-state index in [0.717, 1.165) is 82.5 Å². The third kappa shape index (κ3) is 7.96. The Bertz CT molecular complexity index is 572. The molecule has 1 saturated heterocycles. The Kier molecular flexibility index (Phi) is 10.7. The molecule has 1 aromatic heterocycles. The molecule has 0 saturated carbocycles. The third-order valence-electron chi connectivity index (χ3n) is 5.48. The van der Waals surface area contributed by atoms with Crippen molar-refractivity contribution in [2.24, 2.45) is 0 Å². The first kappa shape index (κ1) is 23.0. The van der Waals surface area contributed by atoms with Crippen molar-refractivity contribution in [1.82, 2.24) is 0 Å². The molecule has 0 radical (unpaired) electrons. The molecule has 1 aliphatic rings. The van der Waals surface area contributed by atoms with Crippen molar-refractivity contribution < 1.29 is 23.4 Å². The summed E-state index contributed by atoms with van der Waals surface area (Å²) < 4.78 is 22.5. The summed E-state index contributed by atoms with van der Waals surface area (Å²) in [6.07, 6.45) is 10.9. The van der Waals surface area contributed by atoms with Crippen molar-refractivity contribution in [2.45, 2.75) is 97.7 Å². The second kappa shape index (κ2) is 13.0. The van der Waals surface area contributed by atoms with Gasteiger partial charge in [0.05, 0.1) is 6.61 Å². The van der Waals surface area contributed by atoms with Gasteiger partial charge in [0.15, 0.2) is 6.29 Å². The summed E-state index contributed by atoms with van der Waals surface area (Å²) >= 11 is 0. The van der Waals surface area contributed by atoms with Crippen LogP contribution in [0.1, 0.15) is 87.4 Å². The fraction of sp³-hybridized carbons (Fsp3) is 0.783. The molecular formula is C23H38O5. The molecule has 5 heteroatoms. The first-order valence-electron chi connectivity index (χ1n) is 11.1. The van der Waals surface area contributed by atoms with E-state index in [2.05, 4.69) is 13.8 Å². The summed E-state index contributed by atoms with van der Waals surface area (Å²) in [7, 11) is 0. The molecule has 28 heavy (non-hydrogen) atoms. The van der Waals surface area contributed by atoms with Crippen LogP contribution in [0.25, 0.3) is 0 Å². The van der Waals surface area contributed by atoms with Gasteiger partial charge in [-0.3, -0.25) is 4.79 Å². The molecule has 160 valence electrons. The molecule has 1 unspecified atom stereocenters. The molecule has 2 heterocycles. The number of carbonyl (C=O) groups is 1. The summed E-state index contributed by atoms with van der Waals surface area (Å²) in [5.41, 5.74) is 2.55. The minimum atomic E-state index is -0.102. The van der Waals surface area contributed by atoms with E-state index < -0.39 is 0 Å². The Hall–Kier alpha value is -1.33. The van der Waals surface area contributed by atoms with Crippen molar-refractivity contribution in [3.8, 4) is 0 Å². The van der Waals surface area contributed by atoms with Gasteiger partial charge in [-0.15, -0.1) is 0 Å². The molecule has 1 aliphatic heterocycles.